The molecule has 0 N–H and O–H groups in total. The predicted octanol–water partition coefficient (Wildman–Crippen LogP) is -1.28. The van der Waals surface area contributed by atoms with E-state index in [0.29, 0.717) is 6.61 Å². The molecule has 0 amide bonds. The highest BCUT2D eigenvalue weighted by Crippen LogP contribution is 1.69. The van der Waals surface area contributed by atoms with Crippen LogP contribution in [0.25, 0.3) is 39.5 Å². The Balaban J connectivity index is 0.000000411. The molecule has 0 fully saturated rings. The van der Waals surface area contributed by atoms with Crippen molar-refractivity contribution in [3.8, 4) is 0 Å². The van der Waals surface area contributed by atoms with E-state index in [9.17, 15) is 4.79 Å². The number of benzene rings is 1. The smallest absolute Gasteiger partial charge is 0.302 e. The quantitative estimate of drug-likeness (QED) is 0.575. The van der Waals surface area contributed by atoms with Gasteiger partial charge in [-0.25, -0.2) is 0 Å². The first-order valence-corrected chi connectivity index (χ1v) is 5.53. The molecule has 0 saturated carbocycles. The molecule has 1 aromatic rings. The van der Waals surface area contributed by atoms with Crippen LogP contribution in [-0.2, 0) is 9.53 Å². The van der Waals surface area contributed by atoms with Gasteiger partial charge in [0.05, 0.1) is 6.61 Å². The molecule has 0 unspecified atom stereocenters. The third-order valence-corrected chi connectivity index (χ3v) is 2.53. The average molecular weight is 244 g/mol. The van der Waals surface area contributed by atoms with Crippen molar-refractivity contribution < 1.29 is 9.53 Å². The van der Waals surface area contributed by atoms with Crippen molar-refractivity contribution in [3.63, 3.8) is 0 Å². The normalized spacial score (nSPS) is 9.22. The van der Waals surface area contributed by atoms with Crippen LogP contribution in [0.2, 0.25) is 0 Å². The average Bonchev–Trinajstić information content (AvgIpc) is 2.32. The van der Waals surface area contributed by atoms with Crippen LogP contribution in [0.1, 0.15) is 13.8 Å². The molecular formula is C16H20O2. The first-order chi connectivity index (χ1) is 8.23. The van der Waals surface area contributed by atoms with Gasteiger partial charge in [-0.3, -0.25) is 4.79 Å². The summed E-state index contributed by atoms with van der Waals surface area (Å²) in [4.78, 5) is 9.82. The highest BCUT2D eigenvalue weighted by Gasteiger charge is 1.88. The lowest BCUT2D eigenvalue weighted by molar-refractivity contribution is -0.140. The van der Waals surface area contributed by atoms with Gasteiger partial charge in [0.2, 0.25) is 0 Å². The molecule has 0 radical (unpaired) electrons. The second-order valence-corrected chi connectivity index (χ2v) is 3.80. The van der Waals surface area contributed by atoms with Gasteiger partial charge in [-0.15, -0.1) is 0 Å². The molecule has 0 aliphatic rings. The molecular weight excluding hydrogens is 224 g/mol. The lowest BCUT2D eigenvalue weighted by atomic mass is 10.1. The van der Waals surface area contributed by atoms with Crippen LogP contribution >= 0.6 is 0 Å². The minimum atomic E-state index is -0.211. The van der Waals surface area contributed by atoms with Crippen LogP contribution in [0, 0.1) is 0 Å². The van der Waals surface area contributed by atoms with Crippen molar-refractivity contribution in [2.45, 2.75) is 13.8 Å². The highest BCUT2D eigenvalue weighted by molar-refractivity contribution is 5.65. The summed E-state index contributed by atoms with van der Waals surface area (Å²) in [6.07, 6.45) is 0. The molecule has 0 heterocycles. The van der Waals surface area contributed by atoms with Crippen molar-refractivity contribution in [2.24, 2.45) is 0 Å². The Kier molecular flexibility index (Phi) is 5.83. The highest BCUT2D eigenvalue weighted by atomic mass is 16.5. The second-order valence-electron chi connectivity index (χ2n) is 3.80. The van der Waals surface area contributed by atoms with E-state index in [-0.39, 0.29) is 5.97 Å². The third kappa shape index (κ3) is 3.74. The van der Waals surface area contributed by atoms with Gasteiger partial charge in [0.25, 0.3) is 0 Å². The van der Waals surface area contributed by atoms with Gasteiger partial charge in [0.1, 0.15) is 0 Å². The summed E-state index contributed by atoms with van der Waals surface area (Å²) in [7, 11) is 0. The Morgan fingerprint density at radius 1 is 0.833 bits per heavy atom. The predicted molar refractivity (Wildman–Crippen MR) is 79.6 cm³/mol. The third-order valence-electron chi connectivity index (χ3n) is 2.53. The first kappa shape index (κ1) is 15.9. The monoisotopic (exact) mass is 244 g/mol. The molecule has 96 valence electrons. The fourth-order valence-electron chi connectivity index (χ4n) is 1.30. The van der Waals surface area contributed by atoms with Crippen molar-refractivity contribution >= 4 is 45.4 Å². The molecule has 0 aromatic heterocycles. The number of rotatable bonds is 1. The summed E-state index contributed by atoms with van der Waals surface area (Å²) in [5.41, 5.74) is 0. The van der Waals surface area contributed by atoms with E-state index in [1.54, 1.807) is 6.92 Å². The molecule has 1 rings (SSSR count). The summed E-state index contributed by atoms with van der Waals surface area (Å²) in [6.45, 7) is 26.8. The van der Waals surface area contributed by atoms with Crippen LogP contribution in [-0.4, -0.2) is 12.6 Å². The number of esters is 1. The van der Waals surface area contributed by atoms with E-state index in [1.165, 1.54) is 6.92 Å². The number of hydrogen-bond acceptors (Lipinski definition) is 2. The molecule has 0 aliphatic carbocycles. The van der Waals surface area contributed by atoms with Gasteiger partial charge in [-0.1, -0.05) is 39.5 Å². The number of ether oxygens (including phenoxy) is 1. The molecule has 2 nitrogen and oxygen atoms in total. The maximum atomic E-state index is 9.82. The summed E-state index contributed by atoms with van der Waals surface area (Å²) in [6, 6.07) is 0. The summed E-state index contributed by atoms with van der Waals surface area (Å²) in [5.74, 6) is -0.211. The van der Waals surface area contributed by atoms with E-state index >= 15 is 0 Å². The van der Waals surface area contributed by atoms with Crippen LogP contribution in [0.3, 0.4) is 0 Å². The maximum absolute atomic E-state index is 9.82. The van der Waals surface area contributed by atoms with E-state index in [1.807, 2.05) is 0 Å². The zero-order chi connectivity index (χ0) is 14.5. The van der Waals surface area contributed by atoms with E-state index in [2.05, 4.69) is 44.2 Å². The van der Waals surface area contributed by atoms with Crippen molar-refractivity contribution in [1.29, 1.82) is 0 Å². The summed E-state index contributed by atoms with van der Waals surface area (Å²) in [5, 5.41) is 4.90. The second kappa shape index (κ2) is 6.60. The number of carbonyl (C=O) groups excluding carboxylic acids is 1. The van der Waals surface area contributed by atoms with Crippen LogP contribution in [0.15, 0.2) is 0 Å². The molecule has 0 aliphatic heterocycles. The summed E-state index contributed by atoms with van der Waals surface area (Å²) < 4.78 is 4.40. The lowest BCUT2D eigenvalue weighted by Gasteiger charge is -1.92. The SMILES string of the molecule is C=c1c(=C)c(=C)c(=C)c(=C)c1=C.CCOC(C)=O. The standard InChI is InChI=1S/C12H12.C4H8O2/c1-7-8(2)10(4)12(6)11(5)9(7)3;1-3-6-4(2)5/h1-6H2;3H2,1-2H3. The van der Waals surface area contributed by atoms with Gasteiger partial charge in [-0.2, -0.15) is 0 Å². The van der Waals surface area contributed by atoms with E-state index in [4.69, 9.17) is 0 Å². The van der Waals surface area contributed by atoms with Gasteiger partial charge in [-0.05, 0) is 38.2 Å². The summed E-state index contributed by atoms with van der Waals surface area (Å²) >= 11 is 0. The zero-order valence-electron chi connectivity index (χ0n) is 11.3. The molecule has 0 atom stereocenters. The van der Waals surface area contributed by atoms with Gasteiger partial charge < -0.3 is 4.74 Å². The Morgan fingerprint density at radius 3 is 1.11 bits per heavy atom. The topological polar surface area (TPSA) is 26.3 Å². The van der Waals surface area contributed by atoms with Crippen LogP contribution < -0.4 is 31.3 Å². The fourth-order valence-corrected chi connectivity index (χ4v) is 1.30. The Morgan fingerprint density at radius 2 is 1.06 bits per heavy atom. The van der Waals surface area contributed by atoms with Crippen molar-refractivity contribution in [3.05, 3.63) is 31.3 Å². The van der Waals surface area contributed by atoms with Gasteiger partial charge in [0.15, 0.2) is 0 Å². The number of hydrogen-bond donors (Lipinski definition) is 0. The van der Waals surface area contributed by atoms with E-state index < -0.39 is 0 Å². The molecule has 0 saturated heterocycles. The molecule has 0 bridgehead atoms. The minimum Gasteiger partial charge on any atom is -0.466 e. The molecule has 18 heavy (non-hydrogen) atoms. The lowest BCUT2D eigenvalue weighted by Crippen LogP contribution is -2.62. The molecule has 2 heteroatoms. The Hall–Kier alpha value is -2.09. The van der Waals surface area contributed by atoms with Gasteiger partial charge in [0, 0.05) is 6.92 Å². The fraction of sp³-hybridized carbons (Fsp3) is 0.188. The molecule has 1 aromatic carbocycles. The zero-order valence-corrected chi connectivity index (χ0v) is 11.3. The minimum absolute atomic E-state index is 0.211. The number of carbonyl (C=O) groups is 1. The van der Waals surface area contributed by atoms with Crippen molar-refractivity contribution in [1.82, 2.24) is 0 Å². The Bertz CT molecular complexity index is 544. The maximum Gasteiger partial charge on any atom is 0.302 e. The van der Waals surface area contributed by atoms with E-state index in [0.717, 1.165) is 31.3 Å². The van der Waals surface area contributed by atoms with Gasteiger partial charge >= 0.3 is 5.97 Å². The van der Waals surface area contributed by atoms with Crippen LogP contribution in [0.4, 0.5) is 0 Å². The van der Waals surface area contributed by atoms with Crippen molar-refractivity contribution in [2.75, 3.05) is 6.61 Å². The Labute approximate surface area is 107 Å². The largest absolute Gasteiger partial charge is 0.466 e. The first-order valence-electron chi connectivity index (χ1n) is 5.53. The van der Waals surface area contributed by atoms with Crippen LogP contribution in [0.5, 0.6) is 0 Å². The molecule has 0 spiro atoms.